The first-order chi connectivity index (χ1) is 12.6. The van der Waals surface area contributed by atoms with Crippen LogP contribution in [0.1, 0.15) is 19.3 Å². The number of H-pyrrole nitrogens is 1. The maximum Gasteiger partial charge on any atom is 0.313 e. The number of fused-ring (bicyclic) bond motifs is 3. The fourth-order valence-electron chi connectivity index (χ4n) is 3.70. The zero-order valence-electron chi connectivity index (χ0n) is 14.1. The third-order valence-electron chi connectivity index (χ3n) is 4.89. The molecule has 2 bridgehead atoms. The standard InChI is InChI=1S/C19H19FN4O2/c20-14-7-15-16(10-22-17(15)21-9-14)24-19(26)18(25)23-8-13-5-11-2-1-3-12(4-11)6-13/h1-2,5,7,9-12H,3-4,6,8H2,(H,21,22)(H,23,25)(H,24,26). The highest BCUT2D eigenvalue weighted by Gasteiger charge is 2.24. The fraction of sp³-hybridized carbons (Fsp3) is 0.316. The zero-order chi connectivity index (χ0) is 18.1. The number of carbonyl (C=O) groups is 2. The lowest BCUT2D eigenvalue weighted by molar-refractivity contribution is -0.136. The molecule has 2 aromatic rings. The van der Waals surface area contributed by atoms with Gasteiger partial charge in [0.1, 0.15) is 11.5 Å². The van der Waals surface area contributed by atoms with Crippen molar-refractivity contribution in [2.45, 2.75) is 19.3 Å². The molecule has 0 saturated carbocycles. The number of halogens is 1. The van der Waals surface area contributed by atoms with E-state index < -0.39 is 17.6 Å². The molecule has 0 saturated heterocycles. The molecule has 2 atom stereocenters. The first-order valence-electron chi connectivity index (χ1n) is 8.66. The van der Waals surface area contributed by atoms with Crippen molar-refractivity contribution < 1.29 is 14.0 Å². The van der Waals surface area contributed by atoms with Gasteiger partial charge in [0.2, 0.25) is 0 Å². The Morgan fingerprint density at radius 3 is 3.08 bits per heavy atom. The number of pyridine rings is 1. The van der Waals surface area contributed by atoms with Gasteiger partial charge in [-0.15, -0.1) is 0 Å². The fourth-order valence-corrected chi connectivity index (χ4v) is 3.70. The summed E-state index contributed by atoms with van der Waals surface area (Å²) in [5, 5.41) is 5.59. The average molecular weight is 354 g/mol. The minimum Gasteiger partial charge on any atom is -0.344 e. The molecule has 2 aromatic heterocycles. The van der Waals surface area contributed by atoms with Crippen LogP contribution in [0, 0.1) is 17.7 Å². The van der Waals surface area contributed by atoms with Crippen molar-refractivity contribution in [1.29, 1.82) is 0 Å². The second-order valence-electron chi connectivity index (χ2n) is 6.85. The molecule has 7 heteroatoms. The van der Waals surface area contributed by atoms with Gasteiger partial charge in [-0.05, 0) is 37.2 Å². The number of hydrogen-bond acceptors (Lipinski definition) is 3. The van der Waals surface area contributed by atoms with Crippen LogP contribution in [0.5, 0.6) is 0 Å². The van der Waals surface area contributed by atoms with Crippen LogP contribution in [-0.2, 0) is 9.59 Å². The summed E-state index contributed by atoms with van der Waals surface area (Å²) < 4.78 is 13.3. The Hall–Kier alpha value is -2.96. The van der Waals surface area contributed by atoms with Gasteiger partial charge in [0.15, 0.2) is 0 Å². The molecule has 6 nitrogen and oxygen atoms in total. The monoisotopic (exact) mass is 354 g/mol. The molecule has 0 aromatic carbocycles. The number of hydrogen-bond donors (Lipinski definition) is 3. The lowest BCUT2D eigenvalue weighted by Crippen LogP contribution is -2.37. The van der Waals surface area contributed by atoms with Gasteiger partial charge in [0.05, 0.1) is 11.9 Å². The number of nitrogens with one attached hydrogen (secondary N) is 3. The van der Waals surface area contributed by atoms with E-state index in [2.05, 4.69) is 38.8 Å². The molecular weight excluding hydrogens is 335 g/mol. The molecule has 134 valence electrons. The van der Waals surface area contributed by atoms with Gasteiger partial charge >= 0.3 is 11.8 Å². The molecule has 0 fully saturated rings. The van der Waals surface area contributed by atoms with Crippen LogP contribution in [0.25, 0.3) is 11.0 Å². The van der Waals surface area contributed by atoms with Gasteiger partial charge in [-0.1, -0.05) is 23.8 Å². The van der Waals surface area contributed by atoms with Gasteiger partial charge in [-0.25, -0.2) is 9.37 Å². The molecule has 2 aliphatic rings. The predicted octanol–water partition coefficient (Wildman–Crippen LogP) is 2.67. The van der Waals surface area contributed by atoms with E-state index in [1.54, 1.807) is 0 Å². The van der Waals surface area contributed by atoms with E-state index >= 15 is 0 Å². The highest BCUT2D eigenvalue weighted by atomic mass is 19.1. The quantitative estimate of drug-likeness (QED) is 0.585. The SMILES string of the molecule is O=C(NCC1=CC2C=CCC(C1)C2)C(=O)Nc1c[nH]c2ncc(F)cc12. The van der Waals surface area contributed by atoms with E-state index in [1.807, 2.05) is 0 Å². The maximum absolute atomic E-state index is 13.3. The van der Waals surface area contributed by atoms with Crippen LogP contribution >= 0.6 is 0 Å². The minimum atomic E-state index is -0.785. The first-order valence-corrected chi connectivity index (χ1v) is 8.66. The second kappa shape index (κ2) is 6.74. The van der Waals surface area contributed by atoms with Crippen molar-refractivity contribution >= 4 is 28.5 Å². The van der Waals surface area contributed by atoms with Crippen LogP contribution in [0.15, 0.2) is 42.3 Å². The normalized spacial score (nSPS) is 21.3. The van der Waals surface area contributed by atoms with Crippen LogP contribution in [0.3, 0.4) is 0 Å². The molecule has 0 aliphatic heterocycles. The summed E-state index contributed by atoms with van der Waals surface area (Å²) in [6, 6.07) is 1.26. The summed E-state index contributed by atoms with van der Waals surface area (Å²) in [5.74, 6) is -0.940. The number of nitrogens with zero attached hydrogens (tertiary/aromatic N) is 1. The summed E-state index contributed by atoms with van der Waals surface area (Å²) in [5.41, 5.74) is 1.92. The van der Waals surface area contributed by atoms with Crippen LogP contribution in [0.4, 0.5) is 10.1 Å². The molecule has 2 heterocycles. The summed E-state index contributed by atoms with van der Waals surface area (Å²) in [4.78, 5) is 30.9. The topological polar surface area (TPSA) is 86.9 Å². The number of carbonyl (C=O) groups excluding carboxylic acids is 2. The van der Waals surface area contributed by atoms with Crippen molar-refractivity contribution in [1.82, 2.24) is 15.3 Å². The van der Waals surface area contributed by atoms with Crippen LogP contribution in [-0.4, -0.2) is 28.3 Å². The zero-order valence-corrected chi connectivity index (χ0v) is 14.1. The summed E-state index contributed by atoms with van der Waals surface area (Å²) in [7, 11) is 0. The Morgan fingerprint density at radius 2 is 2.23 bits per heavy atom. The van der Waals surface area contributed by atoms with Crippen LogP contribution in [0.2, 0.25) is 0 Å². The maximum atomic E-state index is 13.3. The third-order valence-corrected chi connectivity index (χ3v) is 4.89. The van der Waals surface area contributed by atoms with Crippen molar-refractivity contribution in [2.75, 3.05) is 11.9 Å². The number of aromatic nitrogens is 2. The van der Waals surface area contributed by atoms with Crippen molar-refractivity contribution in [2.24, 2.45) is 11.8 Å². The highest BCUT2D eigenvalue weighted by Crippen LogP contribution is 2.34. The van der Waals surface area contributed by atoms with E-state index in [0.29, 0.717) is 35.1 Å². The Labute approximate surface area is 149 Å². The molecule has 4 rings (SSSR count). The largest absolute Gasteiger partial charge is 0.344 e. The number of aromatic amines is 1. The van der Waals surface area contributed by atoms with Gasteiger partial charge in [0.25, 0.3) is 0 Å². The molecule has 2 amide bonds. The Kier molecular flexibility index (Phi) is 4.28. The van der Waals surface area contributed by atoms with Crippen molar-refractivity contribution in [3.05, 3.63) is 48.1 Å². The van der Waals surface area contributed by atoms with Gasteiger partial charge in [0, 0.05) is 18.1 Å². The minimum absolute atomic E-state index is 0.323. The number of rotatable bonds is 3. The van der Waals surface area contributed by atoms with Gasteiger partial charge in [-0.2, -0.15) is 0 Å². The molecular formula is C19H19FN4O2. The van der Waals surface area contributed by atoms with E-state index in [0.717, 1.165) is 24.6 Å². The lowest BCUT2D eigenvalue weighted by Gasteiger charge is -2.29. The van der Waals surface area contributed by atoms with Crippen molar-refractivity contribution in [3.8, 4) is 0 Å². The van der Waals surface area contributed by atoms with E-state index in [-0.39, 0.29) is 0 Å². The van der Waals surface area contributed by atoms with Gasteiger partial charge in [-0.3, -0.25) is 9.59 Å². The van der Waals surface area contributed by atoms with E-state index in [4.69, 9.17) is 0 Å². The summed E-state index contributed by atoms with van der Waals surface area (Å²) >= 11 is 0. The third kappa shape index (κ3) is 3.37. The number of anilines is 1. The Bertz CT molecular complexity index is 931. The van der Waals surface area contributed by atoms with Crippen LogP contribution < -0.4 is 10.6 Å². The molecule has 2 unspecified atom stereocenters. The van der Waals surface area contributed by atoms with Gasteiger partial charge < -0.3 is 15.6 Å². The second-order valence-corrected chi connectivity index (χ2v) is 6.85. The molecule has 2 aliphatic carbocycles. The molecule has 0 spiro atoms. The smallest absolute Gasteiger partial charge is 0.313 e. The lowest BCUT2D eigenvalue weighted by atomic mass is 9.77. The number of amides is 2. The predicted molar refractivity (Wildman–Crippen MR) is 95.7 cm³/mol. The summed E-state index contributed by atoms with van der Waals surface area (Å²) in [6.45, 7) is 0.372. The highest BCUT2D eigenvalue weighted by molar-refractivity contribution is 6.40. The molecule has 3 N–H and O–H groups in total. The average Bonchev–Trinajstić information content (AvgIpc) is 3.01. The molecule has 0 radical (unpaired) electrons. The Balaban J connectivity index is 1.37. The molecule has 26 heavy (non-hydrogen) atoms. The first kappa shape index (κ1) is 16.5. The van der Waals surface area contributed by atoms with Crippen molar-refractivity contribution in [3.63, 3.8) is 0 Å². The van der Waals surface area contributed by atoms with E-state index in [9.17, 15) is 14.0 Å². The Morgan fingerprint density at radius 1 is 1.35 bits per heavy atom. The van der Waals surface area contributed by atoms with E-state index in [1.165, 1.54) is 18.7 Å². The number of allylic oxidation sites excluding steroid dienone is 3. The summed E-state index contributed by atoms with van der Waals surface area (Å²) in [6.07, 6.45) is 12.4.